The third-order valence-electron chi connectivity index (χ3n) is 11.3. The molecule has 0 radical (unpaired) electrons. The van der Waals surface area contributed by atoms with E-state index in [0.717, 1.165) is 38.5 Å². The van der Waals surface area contributed by atoms with E-state index in [1.165, 1.54) is 199 Å². The number of carbonyl (C=O) groups excluding carboxylic acids is 1. The van der Waals surface area contributed by atoms with Gasteiger partial charge in [-0.15, -0.1) is 0 Å². The monoisotopic (exact) mass is 762 g/mol. The fraction of sp³-hybridized carbons (Fsp3) is 0.898. The number of unbranched alkanes of at least 4 members (excludes halogenated alkanes) is 34. The zero-order valence-corrected chi connectivity index (χ0v) is 36.4. The highest BCUT2D eigenvalue weighted by molar-refractivity contribution is 5.80. The van der Waals surface area contributed by atoms with Gasteiger partial charge in [-0.1, -0.05) is 250 Å². The lowest BCUT2D eigenvalue weighted by atomic mass is 10.0. The standard InChI is InChI=1S/C49H95NO4/c1-3-5-7-9-11-13-15-17-19-21-22-23-24-25-26-27-28-30-32-34-36-38-40-42-44-48(53)49(54)50-46(45-51)47(52)43-41-39-37-35-33-31-29-20-18-16-14-12-10-8-6-4-2/h33,35,41,43,46-48,51-53H,3-32,34,36-40,42,44-45H2,1-2H3,(H,50,54)/b35-33+,43-41+. The van der Waals surface area contributed by atoms with E-state index in [4.69, 9.17) is 0 Å². The summed E-state index contributed by atoms with van der Waals surface area (Å²) in [4.78, 5) is 12.5. The number of allylic oxidation sites excluding steroid dienone is 3. The highest BCUT2D eigenvalue weighted by Gasteiger charge is 2.22. The first-order valence-electron chi connectivity index (χ1n) is 24.2. The molecule has 0 bridgehead atoms. The smallest absolute Gasteiger partial charge is 0.249 e. The Kier molecular flexibility index (Phi) is 43.6. The number of hydrogen-bond acceptors (Lipinski definition) is 4. The normalized spacial score (nSPS) is 13.6. The van der Waals surface area contributed by atoms with Crippen LogP contribution in [0, 0.1) is 0 Å². The van der Waals surface area contributed by atoms with Gasteiger partial charge in [-0.05, 0) is 32.1 Å². The second kappa shape index (κ2) is 44.5. The first kappa shape index (κ1) is 52.8. The van der Waals surface area contributed by atoms with Crippen molar-refractivity contribution in [2.45, 2.75) is 276 Å². The minimum Gasteiger partial charge on any atom is -0.394 e. The van der Waals surface area contributed by atoms with Gasteiger partial charge in [-0.2, -0.15) is 0 Å². The van der Waals surface area contributed by atoms with Crippen LogP contribution in [0.5, 0.6) is 0 Å². The molecule has 0 fully saturated rings. The molecule has 0 saturated heterocycles. The number of hydrogen-bond donors (Lipinski definition) is 4. The van der Waals surface area contributed by atoms with Gasteiger partial charge in [0.1, 0.15) is 6.10 Å². The molecular weight excluding hydrogens is 667 g/mol. The lowest BCUT2D eigenvalue weighted by molar-refractivity contribution is -0.131. The van der Waals surface area contributed by atoms with Crippen molar-refractivity contribution in [2.75, 3.05) is 6.61 Å². The summed E-state index contributed by atoms with van der Waals surface area (Å²) in [5.74, 6) is -0.509. The summed E-state index contributed by atoms with van der Waals surface area (Å²) in [6.07, 6.45) is 55.1. The Morgan fingerprint density at radius 1 is 0.444 bits per heavy atom. The van der Waals surface area contributed by atoms with Crippen LogP contribution in [-0.4, -0.2) is 46.1 Å². The van der Waals surface area contributed by atoms with E-state index in [-0.39, 0.29) is 6.61 Å². The Labute approximate surface area is 337 Å². The van der Waals surface area contributed by atoms with Gasteiger partial charge in [0, 0.05) is 0 Å². The average Bonchev–Trinajstić information content (AvgIpc) is 3.18. The first-order valence-corrected chi connectivity index (χ1v) is 24.2. The van der Waals surface area contributed by atoms with Crippen LogP contribution in [0.1, 0.15) is 258 Å². The van der Waals surface area contributed by atoms with Gasteiger partial charge in [0.25, 0.3) is 0 Å². The zero-order valence-electron chi connectivity index (χ0n) is 36.4. The summed E-state index contributed by atoms with van der Waals surface area (Å²) in [6.45, 7) is 4.19. The lowest BCUT2D eigenvalue weighted by Crippen LogP contribution is -2.48. The van der Waals surface area contributed by atoms with Crippen LogP contribution in [0.4, 0.5) is 0 Å². The topological polar surface area (TPSA) is 89.8 Å². The lowest BCUT2D eigenvalue weighted by Gasteiger charge is -2.21. The molecule has 0 aliphatic rings. The molecule has 5 nitrogen and oxygen atoms in total. The summed E-state index contributed by atoms with van der Waals surface area (Å²) in [5, 5.41) is 33.2. The van der Waals surface area contributed by atoms with E-state index in [1.807, 2.05) is 6.08 Å². The van der Waals surface area contributed by atoms with Crippen LogP contribution in [0.2, 0.25) is 0 Å². The maximum Gasteiger partial charge on any atom is 0.249 e. The highest BCUT2D eigenvalue weighted by atomic mass is 16.3. The average molecular weight is 762 g/mol. The third kappa shape index (κ3) is 39.1. The van der Waals surface area contributed by atoms with Gasteiger partial charge in [0.2, 0.25) is 5.91 Å². The summed E-state index contributed by atoms with van der Waals surface area (Å²) in [6, 6.07) is -0.811. The molecule has 0 aromatic rings. The van der Waals surface area contributed by atoms with Crippen LogP contribution in [0.3, 0.4) is 0 Å². The van der Waals surface area contributed by atoms with Crippen molar-refractivity contribution in [1.29, 1.82) is 0 Å². The number of rotatable bonds is 44. The molecule has 0 rings (SSSR count). The first-order chi connectivity index (χ1) is 26.6. The molecule has 3 unspecified atom stereocenters. The number of aliphatic hydroxyl groups is 3. The quantitative estimate of drug-likeness (QED) is 0.0368. The number of aliphatic hydroxyl groups excluding tert-OH is 3. The van der Waals surface area contributed by atoms with Gasteiger partial charge in [0.15, 0.2) is 0 Å². The fourth-order valence-electron chi connectivity index (χ4n) is 7.50. The predicted octanol–water partition coefficient (Wildman–Crippen LogP) is 14.2. The van der Waals surface area contributed by atoms with Crippen LogP contribution < -0.4 is 5.32 Å². The van der Waals surface area contributed by atoms with Gasteiger partial charge >= 0.3 is 0 Å². The second-order valence-corrected chi connectivity index (χ2v) is 16.7. The summed E-state index contributed by atoms with van der Waals surface area (Å²) < 4.78 is 0. The Balaban J connectivity index is 3.61. The van der Waals surface area contributed by atoms with Crippen LogP contribution >= 0.6 is 0 Å². The van der Waals surface area contributed by atoms with E-state index in [0.29, 0.717) is 6.42 Å². The Morgan fingerprint density at radius 3 is 1.13 bits per heavy atom. The van der Waals surface area contributed by atoms with Crippen LogP contribution in [-0.2, 0) is 4.79 Å². The van der Waals surface area contributed by atoms with Crippen LogP contribution in [0.15, 0.2) is 24.3 Å². The number of nitrogens with one attached hydrogen (secondary N) is 1. The zero-order chi connectivity index (χ0) is 39.4. The van der Waals surface area contributed by atoms with Crippen molar-refractivity contribution in [3.8, 4) is 0 Å². The van der Waals surface area contributed by atoms with Crippen molar-refractivity contribution in [1.82, 2.24) is 5.32 Å². The Morgan fingerprint density at radius 2 is 0.759 bits per heavy atom. The largest absolute Gasteiger partial charge is 0.394 e. The van der Waals surface area contributed by atoms with Gasteiger partial charge < -0.3 is 20.6 Å². The molecular formula is C49H95NO4. The van der Waals surface area contributed by atoms with E-state index in [1.54, 1.807) is 6.08 Å². The molecule has 0 aliphatic heterocycles. The van der Waals surface area contributed by atoms with Gasteiger partial charge in [0.05, 0.1) is 18.8 Å². The minimum atomic E-state index is -1.10. The minimum absolute atomic E-state index is 0.373. The molecule has 0 spiro atoms. The van der Waals surface area contributed by atoms with Gasteiger partial charge in [-0.3, -0.25) is 4.79 Å². The van der Waals surface area contributed by atoms with Gasteiger partial charge in [-0.25, -0.2) is 0 Å². The third-order valence-corrected chi connectivity index (χ3v) is 11.3. The van der Waals surface area contributed by atoms with E-state index in [9.17, 15) is 20.1 Å². The molecule has 5 heteroatoms. The summed E-state index contributed by atoms with van der Waals surface area (Å²) in [5.41, 5.74) is 0. The molecule has 0 aliphatic carbocycles. The SMILES string of the molecule is CCCCCCCCCCCC/C=C/CC/C=C/C(O)C(CO)NC(=O)C(O)CCCCCCCCCCCCCCCCCCCCCCCCCC. The number of carbonyl (C=O) groups is 1. The molecule has 0 saturated carbocycles. The van der Waals surface area contributed by atoms with E-state index < -0.39 is 24.2 Å². The van der Waals surface area contributed by atoms with E-state index in [2.05, 4.69) is 31.3 Å². The predicted molar refractivity (Wildman–Crippen MR) is 236 cm³/mol. The summed E-state index contributed by atoms with van der Waals surface area (Å²) >= 11 is 0. The highest BCUT2D eigenvalue weighted by Crippen LogP contribution is 2.17. The van der Waals surface area contributed by atoms with Crippen molar-refractivity contribution >= 4 is 5.91 Å². The van der Waals surface area contributed by atoms with Crippen molar-refractivity contribution in [3.05, 3.63) is 24.3 Å². The molecule has 3 atom stereocenters. The van der Waals surface area contributed by atoms with Crippen molar-refractivity contribution in [3.63, 3.8) is 0 Å². The van der Waals surface area contributed by atoms with E-state index >= 15 is 0 Å². The van der Waals surface area contributed by atoms with Crippen LogP contribution in [0.25, 0.3) is 0 Å². The fourth-order valence-corrected chi connectivity index (χ4v) is 7.50. The molecule has 1 amide bonds. The van der Waals surface area contributed by atoms with Crippen molar-refractivity contribution < 1.29 is 20.1 Å². The molecule has 0 heterocycles. The summed E-state index contributed by atoms with van der Waals surface area (Å²) in [7, 11) is 0. The van der Waals surface area contributed by atoms with Crippen molar-refractivity contribution in [2.24, 2.45) is 0 Å². The Hall–Kier alpha value is -1.17. The second-order valence-electron chi connectivity index (χ2n) is 16.7. The molecule has 320 valence electrons. The molecule has 4 N–H and O–H groups in total. The molecule has 54 heavy (non-hydrogen) atoms. The molecule has 0 aromatic heterocycles. The number of amides is 1. The Bertz CT molecular complexity index is 799. The maximum atomic E-state index is 12.5. The molecule has 0 aromatic carbocycles. The maximum absolute atomic E-state index is 12.5.